The second-order valence-electron chi connectivity index (χ2n) is 6.32. The monoisotopic (exact) mass is 505 g/mol. The van der Waals surface area contributed by atoms with Gasteiger partial charge in [0.2, 0.25) is 10.0 Å². The van der Waals surface area contributed by atoms with Crippen LogP contribution in [0.5, 0.6) is 0 Å². The molecule has 0 aliphatic heterocycles. The van der Waals surface area contributed by atoms with Gasteiger partial charge in [-0.3, -0.25) is 4.79 Å². The van der Waals surface area contributed by atoms with Crippen LogP contribution in [0.1, 0.15) is 24.2 Å². The molecule has 3 aromatic rings. The number of carbonyl (C=O) groups is 1. The van der Waals surface area contributed by atoms with Crippen LogP contribution in [0.25, 0.3) is 10.2 Å². The number of thiazole rings is 1. The molecule has 0 aliphatic carbocycles. The molecule has 1 aromatic heterocycles. The minimum absolute atomic E-state index is 0.150. The van der Waals surface area contributed by atoms with Crippen LogP contribution in [0.2, 0.25) is 0 Å². The summed E-state index contributed by atoms with van der Waals surface area (Å²) in [7, 11) is -3.58. The third kappa shape index (κ3) is 4.42. The highest BCUT2D eigenvalue weighted by atomic mass is 79.9. The van der Waals surface area contributed by atoms with Gasteiger partial charge in [0.15, 0.2) is 4.80 Å². The van der Waals surface area contributed by atoms with Crippen molar-refractivity contribution < 1.29 is 13.2 Å². The summed E-state index contributed by atoms with van der Waals surface area (Å²) in [6.45, 7) is 4.62. The fourth-order valence-corrected chi connectivity index (χ4v) is 6.05. The zero-order valence-corrected chi connectivity index (χ0v) is 19.7. The van der Waals surface area contributed by atoms with Crippen molar-refractivity contribution in [3.63, 3.8) is 0 Å². The smallest absolute Gasteiger partial charge is 0.279 e. The Bertz CT molecular complexity index is 1300. The van der Waals surface area contributed by atoms with E-state index in [1.165, 1.54) is 39.9 Å². The standard InChI is InChI=1S/C21H20BrN3O3S2/c1-4-13-25-18-12-9-16(22)14-19(18)29-21(25)23-20(26)15-7-10-17(11-8-15)30(27,28)24(5-2)6-3/h1,7-12,14H,5-6,13H2,2-3H3. The van der Waals surface area contributed by atoms with Crippen LogP contribution in [-0.2, 0) is 16.6 Å². The molecule has 0 saturated heterocycles. The molecule has 30 heavy (non-hydrogen) atoms. The molecule has 0 spiro atoms. The highest BCUT2D eigenvalue weighted by Gasteiger charge is 2.21. The normalized spacial score (nSPS) is 12.4. The summed E-state index contributed by atoms with van der Waals surface area (Å²) in [6.07, 6.45) is 5.49. The summed E-state index contributed by atoms with van der Waals surface area (Å²) in [5.41, 5.74) is 1.20. The number of rotatable bonds is 6. The van der Waals surface area contributed by atoms with Crippen molar-refractivity contribution >= 4 is 53.4 Å². The third-order valence-electron chi connectivity index (χ3n) is 4.54. The molecule has 9 heteroatoms. The lowest BCUT2D eigenvalue weighted by atomic mass is 10.2. The van der Waals surface area contributed by atoms with Gasteiger partial charge < -0.3 is 4.57 Å². The molecule has 6 nitrogen and oxygen atoms in total. The number of sulfonamides is 1. The number of hydrogen-bond acceptors (Lipinski definition) is 4. The number of hydrogen-bond donors (Lipinski definition) is 0. The molecule has 0 fully saturated rings. The molecule has 0 radical (unpaired) electrons. The zero-order valence-electron chi connectivity index (χ0n) is 16.5. The molecule has 1 amide bonds. The lowest BCUT2D eigenvalue weighted by Gasteiger charge is -2.18. The summed E-state index contributed by atoms with van der Waals surface area (Å²) < 4.78 is 30.3. The highest BCUT2D eigenvalue weighted by molar-refractivity contribution is 9.10. The van der Waals surface area contributed by atoms with E-state index in [4.69, 9.17) is 6.42 Å². The van der Waals surface area contributed by atoms with Crippen molar-refractivity contribution in [3.8, 4) is 12.3 Å². The number of aromatic nitrogens is 1. The Morgan fingerprint density at radius 3 is 2.47 bits per heavy atom. The molecule has 0 N–H and O–H groups in total. The van der Waals surface area contributed by atoms with Crippen LogP contribution in [-0.4, -0.2) is 36.3 Å². The molecule has 156 valence electrons. The van der Waals surface area contributed by atoms with Gasteiger partial charge in [-0.2, -0.15) is 9.30 Å². The number of terminal acetylenes is 1. The molecular weight excluding hydrogens is 486 g/mol. The van der Waals surface area contributed by atoms with Crippen LogP contribution < -0.4 is 4.80 Å². The molecule has 0 atom stereocenters. The number of halogens is 1. The van der Waals surface area contributed by atoms with E-state index >= 15 is 0 Å². The van der Waals surface area contributed by atoms with E-state index in [0.29, 0.717) is 23.5 Å². The van der Waals surface area contributed by atoms with Crippen LogP contribution >= 0.6 is 27.3 Å². The van der Waals surface area contributed by atoms with Gasteiger partial charge in [0, 0.05) is 23.1 Å². The summed E-state index contributed by atoms with van der Waals surface area (Å²) in [5.74, 6) is 2.13. The van der Waals surface area contributed by atoms with Gasteiger partial charge in [-0.15, -0.1) is 6.42 Å². The molecule has 0 bridgehead atoms. The Labute approximate surface area is 188 Å². The van der Waals surface area contributed by atoms with Crippen molar-refractivity contribution in [2.45, 2.75) is 25.3 Å². The first-order valence-corrected chi connectivity index (χ1v) is 12.3. The van der Waals surface area contributed by atoms with Crippen LogP contribution in [0.3, 0.4) is 0 Å². The number of fused-ring (bicyclic) bond motifs is 1. The maximum atomic E-state index is 12.7. The van der Waals surface area contributed by atoms with Gasteiger partial charge in [0.1, 0.15) is 0 Å². The molecule has 1 heterocycles. The van der Waals surface area contributed by atoms with Crippen molar-refractivity contribution in [3.05, 3.63) is 57.3 Å². The first kappa shape index (κ1) is 22.4. The Kier molecular flexibility index (Phi) is 6.93. The van der Waals surface area contributed by atoms with Crippen LogP contribution in [0, 0.1) is 12.3 Å². The van der Waals surface area contributed by atoms with Crippen LogP contribution in [0.4, 0.5) is 0 Å². The van der Waals surface area contributed by atoms with E-state index in [2.05, 4.69) is 26.8 Å². The molecule has 0 unspecified atom stereocenters. The summed E-state index contributed by atoms with van der Waals surface area (Å²) in [4.78, 5) is 17.6. The predicted octanol–water partition coefficient (Wildman–Crippen LogP) is 3.87. The molecule has 0 aliphatic rings. The average molecular weight is 506 g/mol. The Morgan fingerprint density at radius 2 is 1.87 bits per heavy atom. The SMILES string of the molecule is C#CCn1c(=NC(=O)c2ccc(S(=O)(=O)N(CC)CC)cc2)sc2cc(Br)ccc21. The zero-order chi connectivity index (χ0) is 21.9. The number of amides is 1. The first-order valence-electron chi connectivity index (χ1n) is 9.23. The van der Waals surface area contributed by atoms with E-state index in [0.717, 1.165) is 14.7 Å². The van der Waals surface area contributed by atoms with Gasteiger partial charge >= 0.3 is 0 Å². The Morgan fingerprint density at radius 1 is 1.20 bits per heavy atom. The quantitative estimate of drug-likeness (QED) is 0.477. The van der Waals surface area contributed by atoms with Gasteiger partial charge in [0.05, 0.1) is 21.7 Å². The second kappa shape index (κ2) is 9.27. The topological polar surface area (TPSA) is 71.7 Å². The number of nitrogens with zero attached hydrogens (tertiary/aromatic N) is 3. The molecular formula is C21H20BrN3O3S2. The minimum Gasteiger partial charge on any atom is -0.305 e. The summed E-state index contributed by atoms with van der Waals surface area (Å²) in [5, 5.41) is 0. The van der Waals surface area contributed by atoms with Crippen molar-refractivity contribution in [2.24, 2.45) is 4.99 Å². The van der Waals surface area contributed by atoms with Gasteiger partial charge in [-0.1, -0.05) is 47.0 Å². The Hall–Kier alpha value is -2.25. The lowest BCUT2D eigenvalue weighted by molar-refractivity contribution is 0.0998. The maximum Gasteiger partial charge on any atom is 0.279 e. The summed E-state index contributed by atoms with van der Waals surface area (Å²) >= 11 is 4.81. The fourth-order valence-electron chi connectivity index (χ4n) is 3.01. The van der Waals surface area contributed by atoms with Crippen LogP contribution in [0.15, 0.2) is 56.8 Å². The number of benzene rings is 2. The first-order chi connectivity index (χ1) is 14.3. The van der Waals surface area contributed by atoms with E-state index in [1.54, 1.807) is 13.8 Å². The van der Waals surface area contributed by atoms with E-state index < -0.39 is 15.9 Å². The second-order valence-corrected chi connectivity index (χ2v) is 10.2. The van der Waals surface area contributed by atoms with Crippen molar-refractivity contribution in [2.75, 3.05) is 13.1 Å². The van der Waals surface area contributed by atoms with E-state index in [-0.39, 0.29) is 11.4 Å². The largest absolute Gasteiger partial charge is 0.305 e. The number of carbonyl (C=O) groups excluding carboxylic acids is 1. The molecule has 2 aromatic carbocycles. The third-order valence-corrected chi connectivity index (χ3v) is 8.13. The Balaban J connectivity index is 1.99. The van der Waals surface area contributed by atoms with Gasteiger partial charge in [0.25, 0.3) is 5.91 Å². The summed E-state index contributed by atoms with van der Waals surface area (Å²) in [6, 6.07) is 11.6. The van der Waals surface area contributed by atoms with Crippen molar-refractivity contribution in [1.82, 2.24) is 8.87 Å². The average Bonchev–Trinajstić information content (AvgIpc) is 3.05. The van der Waals surface area contributed by atoms with Gasteiger partial charge in [-0.25, -0.2) is 8.42 Å². The van der Waals surface area contributed by atoms with E-state index in [1.807, 2.05) is 22.8 Å². The lowest BCUT2D eigenvalue weighted by Crippen LogP contribution is -2.30. The minimum atomic E-state index is -3.58. The molecule has 3 rings (SSSR count). The van der Waals surface area contributed by atoms with E-state index in [9.17, 15) is 13.2 Å². The fraction of sp³-hybridized carbons (Fsp3) is 0.238. The van der Waals surface area contributed by atoms with Crippen molar-refractivity contribution in [1.29, 1.82) is 0 Å². The predicted molar refractivity (Wildman–Crippen MR) is 123 cm³/mol. The van der Waals surface area contributed by atoms with Gasteiger partial charge in [-0.05, 0) is 42.5 Å². The maximum absolute atomic E-state index is 12.7. The molecule has 0 saturated carbocycles. The highest BCUT2D eigenvalue weighted by Crippen LogP contribution is 2.22.